The molecule has 4 nitrogen and oxygen atoms in total. The molecule has 0 bridgehead atoms. The average molecular weight is 404 g/mol. The van der Waals surface area contributed by atoms with Crippen molar-refractivity contribution in [1.82, 2.24) is 0 Å². The molecule has 156 valence electrons. The van der Waals surface area contributed by atoms with E-state index in [1.54, 1.807) is 0 Å². The van der Waals surface area contributed by atoms with Gasteiger partial charge in [-0.3, -0.25) is 0 Å². The monoisotopic (exact) mass is 403 g/mol. The Bertz CT molecular complexity index is 914. The highest BCUT2D eigenvalue weighted by Gasteiger charge is 2.23. The van der Waals surface area contributed by atoms with E-state index in [1.807, 2.05) is 42.5 Å². The zero-order chi connectivity index (χ0) is 20.6. The number of aliphatic hydroxyl groups excluding tert-OH is 1. The summed E-state index contributed by atoms with van der Waals surface area (Å²) in [7, 11) is 0. The number of hydrogen-bond donors (Lipinski definition) is 1. The van der Waals surface area contributed by atoms with Crippen LogP contribution in [0.2, 0.25) is 0 Å². The van der Waals surface area contributed by atoms with E-state index >= 15 is 0 Å². The van der Waals surface area contributed by atoms with Crippen molar-refractivity contribution in [3.05, 3.63) is 90.0 Å². The van der Waals surface area contributed by atoms with Gasteiger partial charge in [0.05, 0.1) is 12.6 Å². The first-order chi connectivity index (χ1) is 14.8. The molecule has 4 rings (SSSR count). The van der Waals surface area contributed by atoms with E-state index in [4.69, 9.17) is 9.47 Å². The number of aliphatic hydroxyl groups is 1. The first kappa shape index (κ1) is 20.3. The summed E-state index contributed by atoms with van der Waals surface area (Å²) in [5.41, 5.74) is 3.30. The number of ether oxygens (including phenoxy) is 2. The Morgan fingerprint density at radius 3 is 2.03 bits per heavy atom. The topological polar surface area (TPSA) is 41.9 Å². The van der Waals surface area contributed by atoms with Crippen LogP contribution in [-0.2, 0) is 13.2 Å². The predicted octanol–water partition coefficient (Wildman–Crippen LogP) is 5.20. The molecule has 30 heavy (non-hydrogen) atoms. The lowest BCUT2D eigenvalue weighted by Crippen LogP contribution is -2.41. The largest absolute Gasteiger partial charge is 0.485 e. The van der Waals surface area contributed by atoms with Crippen molar-refractivity contribution in [3.8, 4) is 11.5 Å². The molecule has 0 spiro atoms. The molecule has 1 aliphatic heterocycles. The minimum atomic E-state index is 0.164. The molecule has 0 amide bonds. The number of benzene rings is 3. The lowest BCUT2D eigenvalue weighted by Gasteiger charge is -2.36. The van der Waals surface area contributed by atoms with Crippen molar-refractivity contribution in [1.29, 1.82) is 0 Å². The van der Waals surface area contributed by atoms with E-state index in [2.05, 4.69) is 41.3 Å². The molecular weight excluding hydrogens is 374 g/mol. The number of piperidine rings is 1. The van der Waals surface area contributed by atoms with E-state index in [0.717, 1.165) is 54.1 Å². The predicted molar refractivity (Wildman–Crippen MR) is 120 cm³/mol. The minimum Gasteiger partial charge on any atom is -0.485 e. The maximum absolute atomic E-state index is 9.81. The third-order valence-electron chi connectivity index (χ3n) is 5.57. The summed E-state index contributed by atoms with van der Waals surface area (Å²) >= 11 is 0. The number of rotatable bonds is 8. The van der Waals surface area contributed by atoms with Crippen LogP contribution in [0.25, 0.3) is 0 Å². The van der Waals surface area contributed by atoms with Crippen molar-refractivity contribution in [2.24, 2.45) is 0 Å². The summed E-state index contributed by atoms with van der Waals surface area (Å²) in [6.45, 7) is 2.10. The maximum Gasteiger partial charge on any atom is 0.163 e. The second kappa shape index (κ2) is 10.2. The fourth-order valence-electron chi connectivity index (χ4n) is 3.91. The quantitative estimate of drug-likeness (QED) is 0.562. The Morgan fingerprint density at radius 2 is 1.40 bits per heavy atom. The Morgan fingerprint density at radius 1 is 0.767 bits per heavy atom. The molecule has 1 heterocycles. The summed E-state index contributed by atoms with van der Waals surface area (Å²) in [4.78, 5) is 2.29. The number of hydrogen-bond acceptors (Lipinski definition) is 4. The van der Waals surface area contributed by atoms with Gasteiger partial charge in [0.1, 0.15) is 13.2 Å². The average Bonchev–Trinajstić information content (AvgIpc) is 2.83. The molecule has 3 aromatic carbocycles. The molecule has 4 heteroatoms. The molecule has 1 saturated heterocycles. The van der Waals surface area contributed by atoms with Crippen LogP contribution in [-0.4, -0.2) is 24.3 Å². The Balaban J connectivity index is 1.56. The standard InChI is InChI=1S/C26H29NO3/c28-18-24-13-7-8-16-27(24)23-14-15-25(29-19-21-9-3-1-4-10-21)26(17-23)30-20-22-11-5-2-6-12-22/h1-6,9-12,14-15,17,24,28H,7-8,13,16,18-20H2. The van der Waals surface area contributed by atoms with Gasteiger partial charge in [0, 0.05) is 18.3 Å². The molecule has 1 unspecified atom stereocenters. The van der Waals surface area contributed by atoms with Gasteiger partial charge in [0.25, 0.3) is 0 Å². The molecule has 3 aromatic rings. The molecule has 1 N–H and O–H groups in total. The lowest BCUT2D eigenvalue weighted by atomic mass is 10.0. The lowest BCUT2D eigenvalue weighted by molar-refractivity contribution is 0.239. The molecular formula is C26H29NO3. The van der Waals surface area contributed by atoms with Crippen LogP contribution in [0.3, 0.4) is 0 Å². The summed E-state index contributed by atoms with van der Waals surface area (Å²) in [5.74, 6) is 1.46. The number of anilines is 1. The van der Waals surface area contributed by atoms with Crippen LogP contribution in [0.4, 0.5) is 5.69 Å². The third kappa shape index (κ3) is 5.14. The Labute approximate surface area is 178 Å². The second-order valence-electron chi connectivity index (χ2n) is 7.71. The molecule has 1 atom stereocenters. The first-order valence-corrected chi connectivity index (χ1v) is 10.7. The first-order valence-electron chi connectivity index (χ1n) is 10.7. The van der Waals surface area contributed by atoms with Gasteiger partial charge in [-0.2, -0.15) is 0 Å². The van der Waals surface area contributed by atoms with Gasteiger partial charge in [-0.05, 0) is 42.5 Å². The number of nitrogens with zero attached hydrogens (tertiary/aromatic N) is 1. The molecule has 1 aliphatic rings. The highest BCUT2D eigenvalue weighted by molar-refractivity contribution is 5.57. The molecule has 1 fully saturated rings. The van der Waals surface area contributed by atoms with Crippen LogP contribution < -0.4 is 14.4 Å². The SMILES string of the molecule is OCC1CCCCN1c1ccc(OCc2ccccc2)c(OCc2ccccc2)c1. The molecule has 0 radical (unpaired) electrons. The van der Waals surface area contributed by atoms with E-state index in [9.17, 15) is 5.11 Å². The highest BCUT2D eigenvalue weighted by atomic mass is 16.5. The molecule has 0 aliphatic carbocycles. The third-order valence-corrected chi connectivity index (χ3v) is 5.57. The van der Waals surface area contributed by atoms with Gasteiger partial charge >= 0.3 is 0 Å². The smallest absolute Gasteiger partial charge is 0.163 e. The summed E-state index contributed by atoms with van der Waals surface area (Å²) in [5, 5.41) is 9.81. The van der Waals surface area contributed by atoms with Crippen molar-refractivity contribution in [3.63, 3.8) is 0 Å². The molecule has 0 saturated carbocycles. The van der Waals surface area contributed by atoms with Crippen LogP contribution in [0.15, 0.2) is 78.9 Å². The van der Waals surface area contributed by atoms with Crippen molar-refractivity contribution in [2.75, 3.05) is 18.1 Å². The van der Waals surface area contributed by atoms with Crippen molar-refractivity contribution >= 4 is 5.69 Å². The van der Waals surface area contributed by atoms with E-state index in [0.29, 0.717) is 13.2 Å². The fraction of sp³-hybridized carbons (Fsp3) is 0.308. The van der Waals surface area contributed by atoms with Crippen molar-refractivity contribution < 1.29 is 14.6 Å². The van der Waals surface area contributed by atoms with Gasteiger partial charge in [0.15, 0.2) is 11.5 Å². The van der Waals surface area contributed by atoms with E-state index in [-0.39, 0.29) is 12.6 Å². The Kier molecular flexibility index (Phi) is 6.88. The van der Waals surface area contributed by atoms with Gasteiger partial charge in [-0.25, -0.2) is 0 Å². The van der Waals surface area contributed by atoms with Gasteiger partial charge in [-0.15, -0.1) is 0 Å². The fourth-order valence-corrected chi connectivity index (χ4v) is 3.91. The van der Waals surface area contributed by atoms with Crippen LogP contribution >= 0.6 is 0 Å². The minimum absolute atomic E-state index is 0.164. The van der Waals surface area contributed by atoms with E-state index < -0.39 is 0 Å². The summed E-state index contributed by atoms with van der Waals surface area (Å²) in [6, 6.07) is 26.6. The van der Waals surface area contributed by atoms with Crippen molar-refractivity contribution in [2.45, 2.75) is 38.5 Å². The van der Waals surface area contributed by atoms with E-state index in [1.165, 1.54) is 0 Å². The zero-order valence-electron chi connectivity index (χ0n) is 17.2. The summed E-state index contributed by atoms with van der Waals surface area (Å²) in [6.07, 6.45) is 3.32. The maximum atomic E-state index is 9.81. The molecule has 0 aromatic heterocycles. The Hall–Kier alpha value is -2.98. The van der Waals surface area contributed by atoms with Crippen LogP contribution in [0.1, 0.15) is 30.4 Å². The van der Waals surface area contributed by atoms with Gasteiger partial charge < -0.3 is 19.5 Å². The zero-order valence-corrected chi connectivity index (χ0v) is 17.2. The van der Waals surface area contributed by atoms with Gasteiger partial charge in [0.2, 0.25) is 0 Å². The van der Waals surface area contributed by atoms with Crippen LogP contribution in [0, 0.1) is 0 Å². The normalized spacial score (nSPS) is 16.3. The van der Waals surface area contributed by atoms with Crippen LogP contribution in [0.5, 0.6) is 11.5 Å². The highest BCUT2D eigenvalue weighted by Crippen LogP contribution is 2.35. The van der Waals surface area contributed by atoms with Gasteiger partial charge in [-0.1, -0.05) is 60.7 Å². The summed E-state index contributed by atoms with van der Waals surface area (Å²) < 4.78 is 12.3. The second-order valence-corrected chi connectivity index (χ2v) is 7.71.